The molecule has 0 aliphatic heterocycles. The van der Waals surface area contributed by atoms with Crippen LogP contribution in [0.5, 0.6) is 0 Å². The van der Waals surface area contributed by atoms with Crippen LogP contribution in [0.25, 0.3) is 0 Å². The maximum atomic E-state index is 12.5. The zero-order chi connectivity index (χ0) is 35.9. The van der Waals surface area contributed by atoms with Crippen LogP contribution in [0, 0.1) is 5.92 Å². The van der Waals surface area contributed by atoms with E-state index in [1.807, 2.05) is 0 Å². The van der Waals surface area contributed by atoms with Crippen molar-refractivity contribution in [2.24, 2.45) is 5.92 Å². The topological polar surface area (TPSA) is 91.3 Å². The SMILES string of the molecule is CCCC/C=C\CCOC(CCC(=O)OCC(CO)COC(=O)CCCCCCC/C=C\C/C=C\CCCCC)OCC/C=C\CCCC. The Kier molecular flexibility index (Phi) is 36.8. The highest BCUT2D eigenvalue weighted by molar-refractivity contribution is 5.69. The van der Waals surface area contributed by atoms with E-state index >= 15 is 0 Å². The molecule has 0 aromatic carbocycles. The predicted molar refractivity (Wildman–Crippen MR) is 203 cm³/mol. The minimum Gasteiger partial charge on any atom is -0.465 e. The van der Waals surface area contributed by atoms with Crippen LogP contribution in [0.1, 0.15) is 162 Å². The minimum absolute atomic E-state index is 0.00377. The maximum Gasteiger partial charge on any atom is 0.305 e. The molecule has 0 radical (unpaired) electrons. The van der Waals surface area contributed by atoms with Crippen molar-refractivity contribution in [1.82, 2.24) is 0 Å². The predicted octanol–water partition coefficient (Wildman–Crippen LogP) is 10.9. The monoisotopic (exact) mass is 691 g/mol. The number of unbranched alkanes of at least 4 members (excludes halogenated alkanes) is 12. The van der Waals surface area contributed by atoms with Crippen molar-refractivity contribution < 1.29 is 33.6 Å². The molecule has 0 saturated carbocycles. The summed E-state index contributed by atoms with van der Waals surface area (Å²) in [5.74, 6) is -1.10. The van der Waals surface area contributed by atoms with E-state index in [-0.39, 0.29) is 38.2 Å². The highest BCUT2D eigenvalue weighted by Crippen LogP contribution is 2.11. The van der Waals surface area contributed by atoms with Gasteiger partial charge in [0.25, 0.3) is 0 Å². The van der Waals surface area contributed by atoms with Crippen LogP contribution in [0.4, 0.5) is 0 Å². The number of esters is 2. The van der Waals surface area contributed by atoms with Crippen LogP contribution < -0.4 is 0 Å². The third-order valence-corrected chi connectivity index (χ3v) is 8.09. The van der Waals surface area contributed by atoms with Crippen LogP contribution in [0.2, 0.25) is 0 Å². The van der Waals surface area contributed by atoms with E-state index in [2.05, 4.69) is 69.4 Å². The molecule has 49 heavy (non-hydrogen) atoms. The highest BCUT2D eigenvalue weighted by atomic mass is 16.7. The normalized spacial score (nSPS) is 12.8. The molecule has 0 aromatic rings. The Morgan fingerprint density at radius 2 is 0.980 bits per heavy atom. The largest absolute Gasteiger partial charge is 0.465 e. The van der Waals surface area contributed by atoms with E-state index < -0.39 is 12.2 Å². The molecule has 0 aliphatic rings. The van der Waals surface area contributed by atoms with Crippen molar-refractivity contribution in [1.29, 1.82) is 0 Å². The fraction of sp³-hybridized carbons (Fsp3) is 0.762. The second-order valence-corrected chi connectivity index (χ2v) is 12.9. The average Bonchev–Trinajstić information content (AvgIpc) is 3.11. The van der Waals surface area contributed by atoms with Crippen molar-refractivity contribution in [2.45, 2.75) is 168 Å². The Morgan fingerprint density at radius 3 is 1.53 bits per heavy atom. The first-order chi connectivity index (χ1) is 24.1. The lowest BCUT2D eigenvalue weighted by molar-refractivity contribution is -0.159. The van der Waals surface area contributed by atoms with Gasteiger partial charge in [0.1, 0.15) is 0 Å². The molecule has 0 aromatic heterocycles. The van der Waals surface area contributed by atoms with E-state index in [0.29, 0.717) is 26.1 Å². The summed E-state index contributed by atoms with van der Waals surface area (Å²) >= 11 is 0. The summed E-state index contributed by atoms with van der Waals surface area (Å²) in [6, 6.07) is 0. The second-order valence-electron chi connectivity index (χ2n) is 12.9. The van der Waals surface area contributed by atoms with Crippen molar-refractivity contribution in [2.75, 3.05) is 33.0 Å². The van der Waals surface area contributed by atoms with Gasteiger partial charge in [-0.3, -0.25) is 9.59 Å². The van der Waals surface area contributed by atoms with Crippen molar-refractivity contribution in [3.8, 4) is 0 Å². The van der Waals surface area contributed by atoms with E-state index in [1.54, 1.807) is 0 Å². The zero-order valence-electron chi connectivity index (χ0n) is 31.8. The molecule has 284 valence electrons. The zero-order valence-corrected chi connectivity index (χ0v) is 31.8. The number of carbonyl (C=O) groups is 2. The molecular formula is C42H74O7. The van der Waals surface area contributed by atoms with Crippen LogP contribution in [-0.4, -0.2) is 56.4 Å². The van der Waals surface area contributed by atoms with Crippen LogP contribution in [0.3, 0.4) is 0 Å². The molecule has 0 fully saturated rings. The molecule has 0 aliphatic carbocycles. The summed E-state index contributed by atoms with van der Waals surface area (Å²) in [4.78, 5) is 24.7. The fourth-order valence-corrected chi connectivity index (χ4v) is 4.90. The lowest BCUT2D eigenvalue weighted by atomic mass is 10.1. The van der Waals surface area contributed by atoms with Gasteiger partial charge in [0, 0.05) is 12.8 Å². The van der Waals surface area contributed by atoms with Crippen molar-refractivity contribution >= 4 is 11.9 Å². The molecule has 7 nitrogen and oxygen atoms in total. The molecule has 1 N–H and O–H groups in total. The van der Waals surface area contributed by atoms with E-state index in [0.717, 1.165) is 64.2 Å². The van der Waals surface area contributed by atoms with Gasteiger partial charge in [-0.15, -0.1) is 0 Å². The summed E-state index contributed by atoms with van der Waals surface area (Å²) in [5.41, 5.74) is 0. The quantitative estimate of drug-likeness (QED) is 0.0303. The molecule has 1 atom stereocenters. The maximum absolute atomic E-state index is 12.5. The van der Waals surface area contributed by atoms with Gasteiger partial charge in [-0.1, -0.05) is 127 Å². The Bertz CT molecular complexity index is 824. The summed E-state index contributed by atoms with van der Waals surface area (Å²) in [7, 11) is 0. The van der Waals surface area contributed by atoms with E-state index in [4.69, 9.17) is 18.9 Å². The molecule has 1 unspecified atom stereocenters. The summed E-state index contributed by atoms with van der Waals surface area (Å²) < 4.78 is 22.6. The molecule has 0 saturated heterocycles. The molecule has 0 spiro atoms. The first kappa shape index (κ1) is 46.8. The number of hydrogen-bond acceptors (Lipinski definition) is 7. The van der Waals surface area contributed by atoms with Gasteiger partial charge in [-0.2, -0.15) is 0 Å². The van der Waals surface area contributed by atoms with Gasteiger partial charge in [-0.25, -0.2) is 0 Å². The Hall–Kier alpha value is -2.22. The van der Waals surface area contributed by atoms with Crippen LogP contribution in [-0.2, 0) is 28.5 Å². The Morgan fingerprint density at radius 1 is 0.531 bits per heavy atom. The molecule has 0 heterocycles. The third kappa shape index (κ3) is 35.4. The van der Waals surface area contributed by atoms with Crippen LogP contribution in [0.15, 0.2) is 48.6 Å². The molecule has 7 heteroatoms. The van der Waals surface area contributed by atoms with Gasteiger partial charge in [0.2, 0.25) is 0 Å². The number of ether oxygens (including phenoxy) is 4. The summed E-state index contributed by atoms with van der Waals surface area (Å²) in [5, 5.41) is 9.72. The average molecular weight is 691 g/mol. The lowest BCUT2D eigenvalue weighted by Crippen LogP contribution is -2.25. The van der Waals surface area contributed by atoms with E-state index in [9.17, 15) is 14.7 Å². The van der Waals surface area contributed by atoms with Gasteiger partial charge in [0.15, 0.2) is 6.29 Å². The third-order valence-electron chi connectivity index (χ3n) is 8.09. The number of carbonyl (C=O) groups excluding carboxylic acids is 2. The molecular weight excluding hydrogens is 616 g/mol. The van der Waals surface area contributed by atoms with Crippen LogP contribution >= 0.6 is 0 Å². The number of allylic oxidation sites excluding steroid dienone is 6. The lowest BCUT2D eigenvalue weighted by Gasteiger charge is -2.18. The Balaban J connectivity index is 4.16. The van der Waals surface area contributed by atoms with Gasteiger partial charge >= 0.3 is 11.9 Å². The van der Waals surface area contributed by atoms with Crippen molar-refractivity contribution in [3.05, 3.63) is 48.6 Å². The van der Waals surface area contributed by atoms with Gasteiger partial charge < -0.3 is 24.1 Å². The number of rotatable bonds is 36. The molecule has 0 bridgehead atoms. The summed E-state index contributed by atoms with van der Waals surface area (Å²) in [6.07, 6.45) is 39.1. The first-order valence-electron chi connectivity index (χ1n) is 19.8. The first-order valence-corrected chi connectivity index (χ1v) is 19.8. The second kappa shape index (κ2) is 38.6. The standard InChI is InChI=1S/C42H74O7/c1-4-7-10-13-16-17-18-19-20-21-22-23-24-25-28-31-40(44)48-37-39(36-43)38-49-41(45)32-33-42(46-34-29-26-14-11-8-5-2)47-35-30-27-15-12-9-6-3/h14-17,19-20,26-27,39,42-43H,4-13,18,21-25,28-38H2,1-3H3/b17-16-,20-19-,26-14-,27-15-. The molecule has 0 rings (SSSR count). The number of hydrogen-bond donors (Lipinski definition) is 1. The number of aliphatic hydroxyl groups excluding tert-OH is 1. The fourth-order valence-electron chi connectivity index (χ4n) is 4.90. The van der Waals surface area contributed by atoms with Gasteiger partial charge in [0.05, 0.1) is 45.4 Å². The molecule has 0 amide bonds. The minimum atomic E-state index is -0.482. The van der Waals surface area contributed by atoms with Crippen molar-refractivity contribution in [3.63, 3.8) is 0 Å². The highest BCUT2D eigenvalue weighted by Gasteiger charge is 2.17. The van der Waals surface area contributed by atoms with E-state index in [1.165, 1.54) is 57.8 Å². The smallest absolute Gasteiger partial charge is 0.305 e. The number of aliphatic hydroxyl groups is 1. The van der Waals surface area contributed by atoms with Gasteiger partial charge in [-0.05, 0) is 64.2 Å². The summed E-state index contributed by atoms with van der Waals surface area (Å²) in [6.45, 7) is 7.47. The Labute approximate surface area is 301 Å².